The summed E-state index contributed by atoms with van der Waals surface area (Å²) in [5.41, 5.74) is 0.862. The van der Waals surface area contributed by atoms with Gasteiger partial charge in [0.15, 0.2) is 0 Å². The molecule has 0 radical (unpaired) electrons. The maximum absolute atomic E-state index is 13.2. The van der Waals surface area contributed by atoms with Gasteiger partial charge in [0.05, 0.1) is 0 Å². The highest BCUT2D eigenvalue weighted by Crippen LogP contribution is 2.35. The van der Waals surface area contributed by atoms with Crippen LogP contribution < -0.4 is 0 Å². The summed E-state index contributed by atoms with van der Waals surface area (Å²) >= 11 is 3.57. The van der Waals surface area contributed by atoms with E-state index in [2.05, 4.69) is 29.8 Å². The summed E-state index contributed by atoms with van der Waals surface area (Å²) in [7, 11) is 0. The smallest absolute Gasteiger partial charge is 0.126 e. The van der Waals surface area contributed by atoms with E-state index in [0.717, 1.165) is 49.1 Å². The number of unbranched alkanes of at least 4 members (excludes halogenated alkanes) is 1. The second kappa shape index (κ2) is 7.22. The highest BCUT2D eigenvalue weighted by atomic mass is 79.9. The quantitative estimate of drug-likeness (QED) is 0.583. The first kappa shape index (κ1) is 15.6. The molecule has 0 heterocycles. The van der Waals surface area contributed by atoms with Crippen molar-refractivity contribution in [3.8, 4) is 0 Å². The molecular formula is C15H21BrF2. The van der Waals surface area contributed by atoms with E-state index < -0.39 is 11.6 Å². The number of hydrogen-bond donors (Lipinski definition) is 0. The van der Waals surface area contributed by atoms with Crippen LogP contribution in [0.15, 0.2) is 18.2 Å². The maximum atomic E-state index is 13.2. The molecule has 1 aromatic rings. The Balaban J connectivity index is 2.88. The van der Waals surface area contributed by atoms with Gasteiger partial charge < -0.3 is 0 Å². The number of benzene rings is 1. The Morgan fingerprint density at radius 3 is 2.17 bits per heavy atom. The molecule has 1 aromatic carbocycles. The van der Waals surface area contributed by atoms with E-state index in [0.29, 0.717) is 0 Å². The van der Waals surface area contributed by atoms with E-state index >= 15 is 0 Å². The van der Waals surface area contributed by atoms with E-state index in [9.17, 15) is 8.78 Å². The van der Waals surface area contributed by atoms with Gasteiger partial charge >= 0.3 is 0 Å². The molecule has 0 amide bonds. The summed E-state index contributed by atoms with van der Waals surface area (Å²) in [4.78, 5) is 0. The SMILES string of the molecule is CCCCC(CC)(CBr)Cc1cc(F)cc(F)c1. The fourth-order valence-electron chi connectivity index (χ4n) is 2.30. The fraction of sp³-hybridized carbons (Fsp3) is 0.600. The average molecular weight is 319 g/mol. The minimum absolute atomic E-state index is 0.107. The van der Waals surface area contributed by atoms with Crippen LogP contribution in [0.3, 0.4) is 0 Å². The first-order valence-corrected chi connectivity index (χ1v) is 7.68. The third-order valence-electron chi connectivity index (χ3n) is 3.60. The molecule has 0 spiro atoms. The van der Waals surface area contributed by atoms with Crippen LogP contribution in [0.4, 0.5) is 8.78 Å². The maximum Gasteiger partial charge on any atom is 0.126 e. The summed E-state index contributed by atoms with van der Waals surface area (Å²) in [6.45, 7) is 4.31. The molecule has 0 saturated heterocycles. The normalized spacial score (nSPS) is 14.5. The van der Waals surface area contributed by atoms with Crippen LogP contribution >= 0.6 is 15.9 Å². The van der Waals surface area contributed by atoms with Gasteiger partial charge in [-0.25, -0.2) is 8.78 Å². The van der Waals surface area contributed by atoms with Crippen LogP contribution in [0.5, 0.6) is 0 Å². The van der Waals surface area contributed by atoms with Crippen molar-refractivity contribution in [2.75, 3.05) is 5.33 Å². The number of alkyl halides is 1. The van der Waals surface area contributed by atoms with Gasteiger partial charge in [-0.2, -0.15) is 0 Å². The van der Waals surface area contributed by atoms with Crippen molar-refractivity contribution >= 4 is 15.9 Å². The Hall–Kier alpha value is -0.440. The Labute approximate surface area is 117 Å². The monoisotopic (exact) mass is 318 g/mol. The molecule has 3 heteroatoms. The minimum Gasteiger partial charge on any atom is -0.207 e. The molecule has 0 N–H and O–H groups in total. The molecular weight excluding hydrogens is 298 g/mol. The van der Waals surface area contributed by atoms with Gasteiger partial charge in [-0.05, 0) is 42.4 Å². The predicted molar refractivity (Wildman–Crippen MR) is 76.1 cm³/mol. The van der Waals surface area contributed by atoms with Crippen molar-refractivity contribution in [1.29, 1.82) is 0 Å². The van der Waals surface area contributed by atoms with Crippen molar-refractivity contribution in [2.45, 2.75) is 46.0 Å². The molecule has 1 atom stereocenters. The molecule has 0 aliphatic heterocycles. The van der Waals surface area contributed by atoms with Crippen LogP contribution in [-0.4, -0.2) is 5.33 Å². The number of hydrogen-bond acceptors (Lipinski definition) is 0. The minimum atomic E-state index is -0.486. The Morgan fingerprint density at radius 2 is 1.72 bits per heavy atom. The summed E-state index contributed by atoms with van der Waals surface area (Å²) < 4.78 is 26.4. The zero-order chi connectivity index (χ0) is 13.6. The summed E-state index contributed by atoms with van der Waals surface area (Å²) in [6.07, 6.45) is 5.12. The van der Waals surface area contributed by atoms with Crippen LogP contribution in [0, 0.1) is 17.0 Å². The molecule has 1 rings (SSSR count). The van der Waals surface area contributed by atoms with Crippen molar-refractivity contribution in [1.82, 2.24) is 0 Å². The van der Waals surface area contributed by atoms with Crippen molar-refractivity contribution < 1.29 is 8.78 Å². The zero-order valence-electron chi connectivity index (χ0n) is 11.1. The topological polar surface area (TPSA) is 0 Å². The van der Waals surface area contributed by atoms with Gasteiger partial charge in [-0.1, -0.05) is 42.6 Å². The fourth-order valence-corrected chi connectivity index (χ4v) is 3.17. The van der Waals surface area contributed by atoms with Gasteiger partial charge in [-0.15, -0.1) is 0 Å². The Bertz CT molecular complexity index is 353. The first-order chi connectivity index (χ1) is 8.55. The van der Waals surface area contributed by atoms with Crippen molar-refractivity contribution in [3.63, 3.8) is 0 Å². The average Bonchev–Trinajstić information content (AvgIpc) is 2.33. The summed E-state index contributed by atoms with van der Waals surface area (Å²) in [5.74, 6) is -0.972. The van der Waals surface area contributed by atoms with E-state index in [1.165, 1.54) is 12.1 Å². The summed E-state index contributed by atoms with van der Waals surface area (Å²) in [6, 6.07) is 3.82. The molecule has 0 aromatic heterocycles. The van der Waals surface area contributed by atoms with E-state index in [-0.39, 0.29) is 5.41 Å². The summed E-state index contributed by atoms with van der Waals surface area (Å²) in [5, 5.41) is 0.870. The van der Waals surface area contributed by atoms with Crippen molar-refractivity contribution in [2.24, 2.45) is 5.41 Å². The molecule has 0 bridgehead atoms. The lowest BCUT2D eigenvalue weighted by Crippen LogP contribution is -2.25. The molecule has 0 aliphatic carbocycles. The number of rotatable bonds is 7. The van der Waals surface area contributed by atoms with E-state index in [1.807, 2.05) is 0 Å². The third-order valence-corrected chi connectivity index (χ3v) is 4.79. The second-order valence-electron chi connectivity index (χ2n) is 5.05. The first-order valence-electron chi connectivity index (χ1n) is 6.56. The molecule has 0 fully saturated rings. The Kier molecular flexibility index (Phi) is 6.27. The van der Waals surface area contributed by atoms with Gasteiger partial charge in [0, 0.05) is 11.4 Å². The standard InChI is InChI=1S/C15H21BrF2/c1-3-5-6-15(4-2,11-16)10-12-7-13(17)9-14(18)8-12/h7-9H,3-6,10-11H2,1-2H3. The van der Waals surface area contributed by atoms with Gasteiger partial charge in [-0.3, -0.25) is 0 Å². The van der Waals surface area contributed by atoms with Crippen molar-refractivity contribution in [3.05, 3.63) is 35.4 Å². The van der Waals surface area contributed by atoms with E-state index in [4.69, 9.17) is 0 Å². The molecule has 1 unspecified atom stereocenters. The van der Waals surface area contributed by atoms with Crippen LogP contribution in [0.2, 0.25) is 0 Å². The van der Waals surface area contributed by atoms with Gasteiger partial charge in [0.1, 0.15) is 11.6 Å². The molecule has 0 aliphatic rings. The highest BCUT2D eigenvalue weighted by molar-refractivity contribution is 9.09. The molecule has 0 nitrogen and oxygen atoms in total. The second-order valence-corrected chi connectivity index (χ2v) is 5.61. The molecule has 0 saturated carbocycles. The van der Waals surface area contributed by atoms with Crippen LogP contribution in [0.25, 0.3) is 0 Å². The molecule has 18 heavy (non-hydrogen) atoms. The largest absolute Gasteiger partial charge is 0.207 e. The third kappa shape index (κ3) is 4.34. The van der Waals surface area contributed by atoms with E-state index in [1.54, 1.807) is 0 Å². The lowest BCUT2D eigenvalue weighted by Gasteiger charge is -2.31. The zero-order valence-corrected chi connectivity index (χ0v) is 12.7. The molecule has 102 valence electrons. The predicted octanol–water partition coefficient (Wildman–Crippen LogP) is 5.49. The van der Waals surface area contributed by atoms with Gasteiger partial charge in [0.2, 0.25) is 0 Å². The number of halogens is 3. The highest BCUT2D eigenvalue weighted by Gasteiger charge is 2.27. The van der Waals surface area contributed by atoms with Crippen LogP contribution in [0.1, 0.15) is 45.1 Å². The van der Waals surface area contributed by atoms with Gasteiger partial charge in [0.25, 0.3) is 0 Å². The lowest BCUT2D eigenvalue weighted by molar-refractivity contribution is 0.283. The Morgan fingerprint density at radius 1 is 1.11 bits per heavy atom. The van der Waals surface area contributed by atoms with Crippen LogP contribution in [-0.2, 0) is 6.42 Å². The lowest BCUT2D eigenvalue weighted by atomic mass is 9.77.